The summed E-state index contributed by atoms with van der Waals surface area (Å²) >= 11 is 0. The fourth-order valence-electron chi connectivity index (χ4n) is 3.37. The summed E-state index contributed by atoms with van der Waals surface area (Å²) in [6.07, 6.45) is 1.88. The molecular formula is C25H22N2O3. The van der Waals surface area contributed by atoms with E-state index in [-0.39, 0.29) is 18.2 Å². The summed E-state index contributed by atoms with van der Waals surface area (Å²) in [4.78, 5) is 24.1. The number of amides is 1. The number of nitrogens with one attached hydrogen (secondary N) is 1. The third-order valence-electron chi connectivity index (χ3n) is 4.88. The van der Waals surface area contributed by atoms with E-state index in [1.165, 1.54) is 6.92 Å². The summed E-state index contributed by atoms with van der Waals surface area (Å²) in [6.45, 7) is 2.15. The largest absolute Gasteiger partial charge is 0.488 e. The molecule has 0 atom stereocenters. The van der Waals surface area contributed by atoms with E-state index in [0.717, 1.165) is 22.2 Å². The molecule has 5 heteroatoms. The van der Waals surface area contributed by atoms with Crippen molar-refractivity contribution in [2.45, 2.75) is 20.1 Å². The SMILES string of the molecule is CC(=O)c1cccc(NC(=O)Cn2ccc3c(OCc4ccccc4)cccc32)c1. The second-order valence-corrected chi connectivity index (χ2v) is 7.09. The molecule has 4 rings (SSSR count). The summed E-state index contributed by atoms with van der Waals surface area (Å²) in [7, 11) is 0. The molecule has 0 unspecified atom stereocenters. The van der Waals surface area contributed by atoms with Crippen LogP contribution in [-0.2, 0) is 17.9 Å². The molecule has 0 bridgehead atoms. The van der Waals surface area contributed by atoms with Gasteiger partial charge in [0.1, 0.15) is 18.9 Å². The molecule has 5 nitrogen and oxygen atoms in total. The molecule has 0 saturated carbocycles. The number of benzene rings is 3. The molecule has 30 heavy (non-hydrogen) atoms. The molecule has 0 fully saturated rings. The van der Waals surface area contributed by atoms with Crippen molar-refractivity contribution in [3.05, 3.63) is 96.2 Å². The molecule has 0 aliphatic carbocycles. The van der Waals surface area contributed by atoms with Crippen molar-refractivity contribution in [1.82, 2.24) is 4.57 Å². The zero-order chi connectivity index (χ0) is 20.9. The predicted molar refractivity (Wildman–Crippen MR) is 118 cm³/mol. The van der Waals surface area contributed by atoms with Gasteiger partial charge in [0.2, 0.25) is 5.91 Å². The number of nitrogens with zero attached hydrogens (tertiary/aromatic N) is 1. The third-order valence-corrected chi connectivity index (χ3v) is 4.88. The number of ether oxygens (including phenoxy) is 1. The molecule has 4 aromatic rings. The number of rotatable bonds is 7. The molecular weight excluding hydrogens is 376 g/mol. The Balaban J connectivity index is 1.48. The Morgan fingerprint density at radius 1 is 0.933 bits per heavy atom. The summed E-state index contributed by atoms with van der Waals surface area (Å²) in [5.41, 5.74) is 3.20. The number of ketones is 1. The highest BCUT2D eigenvalue weighted by atomic mass is 16.5. The molecule has 0 spiro atoms. The van der Waals surface area contributed by atoms with Gasteiger partial charge in [-0.05, 0) is 42.8 Å². The average Bonchev–Trinajstić information content (AvgIpc) is 3.16. The van der Waals surface area contributed by atoms with E-state index >= 15 is 0 Å². The van der Waals surface area contributed by atoms with Crippen molar-refractivity contribution in [3.8, 4) is 5.75 Å². The van der Waals surface area contributed by atoms with Gasteiger partial charge in [-0.3, -0.25) is 9.59 Å². The Hall–Kier alpha value is -3.86. The van der Waals surface area contributed by atoms with Crippen LogP contribution in [0.3, 0.4) is 0 Å². The van der Waals surface area contributed by atoms with E-state index in [1.807, 2.05) is 65.4 Å². The number of fused-ring (bicyclic) bond motifs is 1. The molecule has 1 amide bonds. The quantitative estimate of drug-likeness (QED) is 0.443. The number of Topliss-reactive ketones (excluding diaryl/α,β-unsaturated/α-hetero) is 1. The van der Waals surface area contributed by atoms with Crippen LogP contribution in [0.1, 0.15) is 22.8 Å². The van der Waals surface area contributed by atoms with Crippen LogP contribution < -0.4 is 10.1 Å². The summed E-state index contributed by atoms with van der Waals surface area (Å²) in [5.74, 6) is 0.582. The monoisotopic (exact) mass is 398 g/mol. The van der Waals surface area contributed by atoms with Crippen molar-refractivity contribution in [1.29, 1.82) is 0 Å². The summed E-state index contributed by atoms with van der Waals surface area (Å²) in [5, 5.41) is 3.82. The fourth-order valence-corrected chi connectivity index (χ4v) is 3.37. The van der Waals surface area contributed by atoms with Crippen LogP contribution in [0, 0.1) is 0 Å². The van der Waals surface area contributed by atoms with E-state index in [0.29, 0.717) is 17.9 Å². The van der Waals surface area contributed by atoms with Crippen LogP contribution in [0.15, 0.2) is 85.1 Å². The number of anilines is 1. The lowest BCUT2D eigenvalue weighted by molar-refractivity contribution is -0.116. The number of carbonyl (C=O) groups is 2. The zero-order valence-electron chi connectivity index (χ0n) is 16.7. The van der Waals surface area contributed by atoms with E-state index in [1.54, 1.807) is 24.3 Å². The van der Waals surface area contributed by atoms with Gasteiger partial charge in [0, 0.05) is 22.8 Å². The number of carbonyl (C=O) groups excluding carboxylic acids is 2. The first-order valence-corrected chi connectivity index (χ1v) is 9.75. The maximum atomic E-state index is 12.6. The normalized spacial score (nSPS) is 10.7. The molecule has 0 saturated heterocycles. The third kappa shape index (κ3) is 4.41. The Bertz CT molecular complexity index is 1200. The Morgan fingerprint density at radius 3 is 2.53 bits per heavy atom. The smallest absolute Gasteiger partial charge is 0.244 e. The van der Waals surface area contributed by atoms with Gasteiger partial charge in [0.15, 0.2) is 5.78 Å². The Labute approximate surface area is 174 Å². The minimum atomic E-state index is -0.163. The zero-order valence-corrected chi connectivity index (χ0v) is 16.7. The average molecular weight is 398 g/mol. The lowest BCUT2D eigenvalue weighted by atomic mass is 10.1. The summed E-state index contributed by atoms with van der Waals surface area (Å²) in [6, 6.07) is 24.7. The molecule has 1 heterocycles. The highest BCUT2D eigenvalue weighted by molar-refractivity contribution is 5.97. The van der Waals surface area contributed by atoms with Crippen LogP contribution in [0.5, 0.6) is 5.75 Å². The van der Waals surface area contributed by atoms with E-state index in [9.17, 15) is 9.59 Å². The molecule has 3 aromatic carbocycles. The predicted octanol–water partition coefficient (Wildman–Crippen LogP) is 5.06. The first kappa shape index (κ1) is 19.5. The number of aromatic nitrogens is 1. The van der Waals surface area contributed by atoms with Crippen molar-refractivity contribution < 1.29 is 14.3 Å². The lowest BCUT2D eigenvalue weighted by Crippen LogP contribution is -2.18. The van der Waals surface area contributed by atoms with Gasteiger partial charge < -0.3 is 14.6 Å². The molecule has 1 aromatic heterocycles. The van der Waals surface area contributed by atoms with Gasteiger partial charge in [-0.2, -0.15) is 0 Å². The van der Waals surface area contributed by atoms with Gasteiger partial charge in [-0.1, -0.05) is 48.5 Å². The first-order valence-electron chi connectivity index (χ1n) is 9.75. The van der Waals surface area contributed by atoms with Crippen molar-refractivity contribution in [2.75, 3.05) is 5.32 Å². The molecule has 1 N–H and O–H groups in total. The maximum Gasteiger partial charge on any atom is 0.244 e. The second-order valence-electron chi connectivity index (χ2n) is 7.09. The van der Waals surface area contributed by atoms with Crippen LogP contribution >= 0.6 is 0 Å². The van der Waals surface area contributed by atoms with Crippen molar-refractivity contribution in [3.63, 3.8) is 0 Å². The maximum absolute atomic E-state index is 12.6. The van der Waals surface area contributed by atoms with E-state index in [4.69, 9.17) is 4.74 Å². The molecule has 0 aliphatic heterocycles. The Kier molecular flexibility index (Phi) is 5.61. The van der Waals surface area contributed by atoms with Gasteiger partial charge in [-0.25, -0.2) is 0 Å². The minimum Gasteiger partial charge on any atom is -0.488 e. The molecule has 0 radical (unpaired) electrons. The van der Waals surface area contributed by atoms with Crippen molar-refractivity contribution >= 4 is 28.3 Å². The minimum absolute atomic E-state index is 0.0365. The highest BCUT2D eigenvalue weighted by Gasteiger charge is 2.11. The molecule has 0 aliphatic rings. The lowest BCUT2D eigenvalue weighted by Gasteiger charge is -2.10. The first-order chi connectivity index (χ1) is 14.6. The van der Waals surface area contributed by atoms with Crippen molar-refractivity contribution in [2.24, 2.45) is 0 Å². The van der Waals surface area contributed by atoms with Crippen LogP contribution in [-0.4, -0.2) is 16.3 Å². The van der Waals surface area contributed by atoms with Crippen LogP contribution in [0.25, 0.3) is 10.9 Å². The van der Waals surface area contributed by atoms with Gasteiger partial charge in [-0.15, -0.1) is 0 Å². The van der Waals surface area contributed by atoms with Gasteiger partial charge in [0.25, 0.3) is 0 Å². The highest BCUT2D eigenvalue weighted by Crippen LogP contribution is 2.27. The number of hydrogen-bond acceptors (Lipinski definition) is 3. The van der Waals surface area contributed by atoms with Gasteiger partial charge in [0.05, 0.1) is 5.52 Å². The standard InChI is InChI=1S/C25H22N2O3/c1-18(28)20-9-5-10-21(15-20)26-25(29)16-27-14-13-22-23(27)11-6-12-24(22)30-17-19-7-3-2-4-8-19/h2-15H,16-17H2,1H3,(H,26,29). The second kappa shape index (κ2) is 8.66. The fraction of sp³-hybridized carbons (Fsp3) is 0.120. The summed E-state index contributed by atoms with van der Waals surface area (Å²) < 4.78 is 7.89. The number of hydrogen-bond donors (Lipinski definition) is 1. The van der Waals surface area contributed by atoms with E-state index in [2.05, 4.69) is 5.32 Å². The van der Waals surface area contributed by atoms with Crippen LogP contribution in [0.4, 0.5) is 5.69 Å². The van der Waals surface area contributed by atoms with Gasteiger partial charge >= 0.3 is 0 Å². The molecule has 150 valence electrons. The topological polar surface area (TPSA) is 60.3 Å². The van der Waals surface area contributed by atoms with Crippen LogP contribution in [0.2, 0.25) is 0 Å². The van der Waals surface area contributed by atoms with E-state index < -0.39 is 0 Å². The Morgan fingerprint density at radius 2 is 1.73 bits per heavy atom.